The summed E-state index contributed by atoms with van der Waals surface area (Å²) in [6, 6.07) is 0. The van der Waals surface area contributed by atoms with Crippen LogP contribution in [0.25, 0.3) is 0 Å². The third kappa shape index (κ3) is 27.6. The minimum atomic E-state index is -1.73. The Morgan fingerprint density at radius 1 is 0.460 bits per heavy atom. The molecule has 0 bridgehead atoms. The van der Waals surface area contributed by atoms with E-state index in [9.17, 15) is 24.6 Å². The lowest BCUT2D eigenvalue weighted by molar-refractivity contribution is -0.144. The Bertz CT molecular complexity index is 765. The Morgan fingerprint density at radius 3 is 0.920 bits per heavy atom. The number of aliphatic carboxylic acids is 2. The molecule has 50 heavy (non-hydrogen) atoms. The molecule has 2 atom stereocenters. The molecular weight excluding hydrogens is 641 g/mol. The minimum absolute atomic E-state index is 0.287. The first kappa shape index (κ1) is 49.0. The van der Waals surface area contributed by atoms with E-state index in [1.807, 2.05) is 0 Å². The van der Waals surface area contributed by atoms with Crippen molar-refractivity contribution < 1.29 is 24.6 Å². The standard InChI is InChI=1S/C44H84O5S/c1-5-7-9-11-13-15-17-19-21-23-25-27-29-31-33-35-37-40(41(45)44(4,43(48)49)50-39(3)42(46)47)38-36-34-32-30-28-26-24-22-20-18-16-14-12-10-8-6-2/h39-40H,5-38H2,1-4H3,(H,46,47)(H,48,49). The van der Waals surface area contributed by atoms with Gasteiger partial charge in [-0.25, -0.2) is 0 Å². The van der Waals surface area contributed by atoms with Gasteiger partial charge in [-0.2, -0.15) is 0 Å². The Labute approximate surface area is 315 Å². The summed E-state index contributed by atoms with van der Waals surface area (Å²) >= 11 is 0.780. The van der Waals surface area contributed by atoms with Crippen molar-refractivity contribution in [1.82, 2.24) is 0 Å². The lowest BCUT2D eigenvalue weighted by Crippen LogP contribution is -2.46. The van der Waals surface area contributed by atoms with Crippen molar-refractivity contribution in [2.24, 2.45) is 5.92 Å². The van der Waals surface area contributed by atoms with Gasteiger partial charge < -0.3 is 10.2 Å². The fourth-order valence-corrected chi connectivity index (χ4v) is 8.48. The number of hydrogen-bond donors (Lipinski definition) is 2. The van der Waals surface area contributed by atoms with E-state index in [4.69, 9.17) is 0 Å². The number of carbonyl (C=O) groups excluding carboxylic acids is 1. The van der Waals surface area contributed by atoms with Gasteiger partial charge in [-0.3, -0.25) is 14.4 Å². The highest BCUT2D eigenvalue weighted by molar-refractivity contribution is 8.03. The number of carboxylic acid groups (broad SMARTS) is 2. The lowest BCUT2D eigenvalue weighted by atomic mass is 9.85. The van der Waals surface area contributed by atoms with Crippen LogP contribution in [0.15, 0.2) is 0 Å². The monoisotopic (exact) mass is 725 g/mol. The first-order valence-corrected chi connectivity index (χ1v) is 22.8. The number of carboxylic acids is 2. The summed E-state index contributed by atoms with van der Waals surface area (Å²) in [4.78, 5) is 37.6. The van der Waals surface area contributed by atoms with Crippen LogP contribution in [0.3, 0.4) is 0 Å². The van der Waals surface area contributed by atoms with Crippen LogP contribution in [0.5, 0.6) is 0 Å². The van der Waals surface area contributed by atoms with Gasteiger partial charge in [0.25, 0.3) is 0 Å². The first-order chi connectivity index (χ1) is 24.2. The van der Waals surface area contributed by atoms with Crippen LogP contribution in [0.1, 0.15) is 246 Å². The maximum atomic E-state index is 13.8. The average molecular weight is 725 g/mol. The second kappa shape index (κ2) is 35.0. The fourth-order valence-electron chi connectivity index (χ4n) is 7.29. The zero-order valence-electron chi connectivity index (χ0n) is 33.7. The van der Waals surface area contributed by atoms with Crippen LogP contribution in [-0.4, -0.2) is 37.9 Å². The molecule has 0 radical (unpaired) electrons. The molecule has 0 aromatic carbocycles. The van der Waals surface area contributed by atoms with E-state index >= 15 is 0 Å². The van der Waals surface area contributed by atoms with Crippen molar-refractivity contribution >= 4 is 29.5 Å². The van der Waals surface area contributed by atoms with Crippen LogP contribution in [0.2, 0.25) is 0 Å². The smallest absolute Gasteiger partial charge is 0.327 e. The van der Waals surface area contributed by atoms with Gasteiger partial charge >= 0.3 is 11.9 Å². The van der Waals surface area contributed by atoms with Gasteiger partial charge in [0, 0.05) is 5.92 Å². The quantitative estimate of drug-likeness (QED) is 0.0483. The maximum absolute atomic E-state index is 13.8. The van der Waals surface area contributed by atoms with Crippen molar-refractivity contribution in [3.8, 4) is 0 Å². The predicted octanol–water partition coefficient (Wildman–Crippen LogP) is 14.5. The topological polar surface area (TPSA) is 91.7 Å². The molecule has 0 saturated heterocycles. The third-order valence-electron chi connectivity index (χ3n) is 10.8. The molecule has 0 aliphatic heterocycles. The van der Waals surface area contributed by atoms with Gasteiger partial charge in [-0.1, -0.05) is 219 Å². The molecule has 0 heterocycles. The molecule has 2 unspecified atom stereocenters. The Kier molecular flexibility index (Phi) is 34.3. The Balaban J connectivity index is 4.40. The number of thioether (sulfide) groups is 1. The number of ketones is 1. The molecule has 296 valence electrons. The average Bonchev–Trinajstić information content (AvgIpc) is 3.09. The van der Waals surface area contributed by atoms with Crippen LogP contribution >= 0.6 is 11.8 Å². The second-order valence-corrected chi connectivity index (χ2v) is 17.4. The molecule has 0 saturated carbocycles. The molecule has 0 aromatic heterocycles. The highest BCUT2D eigenvalue weighted by atomic mass is 32.2. The summed E-state index contributed by atoms with van der Waals surface area (Å²) in [5.74, 6) is -2.90. The zero-order valence-corrected chi connectivity index (χ0v) is 34.5. The van der Waals surface area contributed by atoms with Gasteiger partial charge in [0.1, 0.15) is 5.25 Å². The molecule has 0 spiro atoms. The van der Waals surface area contributed by atoms with E-state index in [-0.39, 0.29) is 11.7 Å². The normalized spacial score (nSPS) is 13.5. The molecule has 5 nitrogen and oxygen atoms in total. The van der Waals surface area contributed by atoms with E-state index in [1.54, 1.807) is 0 Å². The molecule has 6 heteroatoms. The van der Waals surface area contributed by atoms with Crippen molar-refractivity contribution in [3.63, 3.8) is 0 Å². The van der Waals surface area contributed by atoms with Crippen LogP contribution in [-0.2, 0) is 14.4 Å². The number of carbonyl (C=O) groups is 3. The molecule has 0 fully saturated rings. The minimum Gasteiger partial charge on any atom is -0.480 e. The molecule has 2 N–H and O–H groups in total. The SMILES string of the molecule is CCCCCCCCCCCCCCCCCCC(CCCCCCCCCCCCCCCCCC)C(=O)C(C)(SC(C)C(=O)O)C(=O)O. The first-order valence-electron chi connectivity index (χ1n) is 21.9. The third-order valence-corrected chi connectivity index (χ3v) is 12.2. The molecule has 0 aliphatic carbocycles. The maximum Gasteiger partial charge on any atom is 0.327 e. The summed E-state index contributed by atoms with van der Waals surface area (Å²) in [5, 5.41) is 18.6. The molecule has 0 rings (SSSR count). The number of unbranched alkanes of at least 4 members (excludes halogenated alkanes) is 30. The van der Waals surface area contributed by atoms with Gasteiger partial charge in [-0.15, -0.1) is 11.8 Å². The zero-order chi connectivity index (χ0) is 37.1. The predicted molar refractivity (Wildman–Crippen MR) is 218 cm³/mol. The number of rotatable bonds is 40. The van der Waals surface area contributed by atoms with Crippen LogP contribution < -0.4 is 0 Å². The number of hydrogen-bond acceptors (Lipinski definition) is 4. The van der Waals surface area contributed by atoms with E-state index < -0.39 is 21.9 Å². The largest absolute Gasteiger partial charge is 0.480 e. The summed E-state index contributed by atoms with van der Waals surface area (Å²) in [6.07, 6.45) is 43.0. The van der Waals surface area contributed by atoms with Crippen molar-refractivity contribution in [2.75, 3.05) is 0 Å². The van der Waals surface area contributed by atoms with E-state index in [0.717, 1.165) is 37.4 Å². The molecule has 0 aromatic rings. The summed E-state index contributed by atoms with van der Waals surface area (Å²) < 4.78 is -1.73. The fraction of sp³-hybridized carbons (Fsp3) is 0.932. The Hall–Kier alpha value is -1.04. The highest BCUT2D eigenvalue weighted by Gasteiger charge is 2.46. The van der Waals surface area contributed by atoms with E-state index in [1.165, 1.54) is 194 Å². The van der Waals surface area contributed by atoms with Crippen LogP contribution in [0, 0.1) is 5.92 Å². The lowest BCUT2D eigenvalue weighted by Gasteiger charge is -2.29. The number of Topliss-reactive ketones (excluding diaryl/α,β-unsaturated/α-hetero) is 1. The van der Waals surface area contributed by atoms with Gasteiger partial charge in [0.15, 0.2) is 10.5 Å². The molecule has 0 aliphatic rings. The highest BCUT2D eigenvalue weighted by Crippen LogP contribution is 2.36. The summed E-state index contributed by atoms with van der Waals surface area (Å²) in [5.41, 5.74) is 0. The van der Waals surface area contributed by atoms with Crippen LogP contribution in [0.4, 0.5) is 0 Å². The molecule has 0 amide bonds. The van der Waals surface area contributed by atoms with Crippen molar-refractivity contribution in [2.45, 2.75) is 256 Å². The molecular formula is C44H84O5S. The van der Waals surface area contributed by atoms with Crippen molar-refractivity contribution in [1.29, 1.82) is 0 Å². The van der Waals surface area contributed by atoms with Gasteiger partial charge in [0.05, 0.1) is 0 Å². The van der Waals surface area contributed by atoms with E-state index in [2.05, 4.69) is 13.8 Å². The van der Waals surface area contributed by atoms with E-state index in [0.29, 0.717) is 12.8 Å². The van der Waals surface area contributed by atoms with Gasteiger partial charge in [0.2, 0.25) is 0 Å². The second-order valence-electron chi connectivity index (χ2n) is 15.7. The van der Waals surface area contributed by atoms with Gasteiger partial charge in [-0.05, 0) is 26.7 Å². The summed E-state index contributed by atoms with van der Waals surface area (Å²) in [6.45, 7) is 7.44. The summed E-state index contributed by atoms with van der Waals surface area (Å²) in [7, 11) is 0. The van der Waals surface area contributed by atoms with Crippen molar-refractivity contribution in [3.05, 3.63) is 0 Å². The Morgan fingerprint density at radius 2 is 0.700 bits per heavy atom.